The van der Waals surface area contributed by atoms with Crippen LogP contribution in [0.2, 0.25) is 0 Å². The highest BCUT2D eigenvalue weighted by atomic mass is 16.5. The third kappa shape index (κ3) is 4.21. The molecule has 1 N–H and O–H groups in total. The number of piperidine rings is 1. The molecule has 2 atom stereocenters. The van der Waals surface area contributed by atoms with Crippen molar-refractivity contribution >= 4 is 17.5 Å². The molecule has 0 spiro atoms. The summed E-state index contributed by atoms with van der Waals surface area (Å²) in [5.41, 5.74) is 0.726. The molecule has 2 aliphatic rings. The first kappa shape index (κ1) is 17.5. The number of likely N-dealkylation sites (tertiary alicyclic amines) is 1. The number of nitrogens with one attached hydrogen (secondary N) is 1. The van der Waals surface area contributed by atoms with E-state index in [2.05, 4.69) is 5.32 Å². The monoisotopic (exact) mass is 342 g/mol. The Labute approximate surface area is 149 Å². The predicted octanol–water partition coefficient (Wildman–Crippen LogP) is 3.23. The lowest BCUT2D eigenvalue weighted by Crippen LogP contribution is -2.45. The minimum atomic E-state index is -0.304. The van der Waals surface area contributed by atoms with Gasteiger partial charge in [0.05, 0.1) is 18.9 Å². The van der Waals surface area contributed by atoms with Gasteiger partial charge in [-0.25, -0.2) is 0 Å². The lowest BCUT2D eigenvalue weighted by molar-refractivity contribution is -0.141. The third-order valence-electron chi connectivity index (χ3n) is 5.11. The fraction of sp³-hybridized carbons (Fsp3) is 0.500. The van der Waals surface area contributed by atoms with Crippen molar-refractivity contribution in [2.75, 3.05) is 25.5 Å². The van der Waals surface area contributed by atoms with Gasteiger partial charge >= 0.3 is 0 Å². The summed E-state index contributed by atoms with van der Waals surface area (Å²) in [4.78, 5) is 27.6. The number of rotatable bonds is 4. The van der Waals surface area contributed by atoms with Crippen LogP contribution in [0.25, 0.3) is 0 Å². The summed E-state index contributed by atoms with van der Waals surface area (Å²) in [7, 11) is 1.61. The van der Waals surface area contributed by atoms with Crippen LogP contribution in [0.5, 0.6) is 5.75 Å². The van der Waals surface area contributed by atoms with Crippen molar-refractivity contribution < 1.29 is 14.3 Å². The molecule has 1 saturated heterocycles. The fourth-order valence-electron chi connectivity index (χ4n) is 3.63. The van der Waals surface area contributed by atoms with Crippen molar-refractivity contribution in [1.29, 1.82) is 0 Å². The molecule has 5 nitrogen and oxygen atoms in total. The summed E-state index contributed by atoms with van der Waals surface area (Å²) >= 11 is 0. The maximum atomic E-state index is 12.9. The maximum absolute atomic E-state index is 12.9. The van der Waals surface area contributed by atoms with E-state index in [4.69, 9.17) is 4.74 Å². The molecule has 0 radical (unpaired) electrons. The minimum absolute atomic E-state index is 0.0788. The Morgan fingerprint density at radius 3 is 2.28 bits per heavy atom. The van der Waals surface area contributed by atoms with Crippen LogP contribution in [0.15, 0.2) is 36.4 Å². The van der Waals surface area contributed by atoms with Gasteiger partial charge in [-0.3, -0.25) is 9.59 Å². The van der Waals surface area contributed by atoms with Crippen molar-refractivity contribution in [3.8, 4) is 5.75 Å². The summed E-state index contributed by atoms with van der Waals surface area (Å²) in [6.07, 6.45) is 8.63. The molecule has 1 fully saturated rings. The van der Waals surface area contributed by atoms with Crippen molar-refractivity contribution in [3.63, 3.8) is 0 Å². The van der Waals surface area contributed by atoms with Crippen LogP contribution in [0.4, 0.5) is 5.69 Å². The molecule has 0 saturated carbocycles. The van der Waals surface area contributed by atoms with Crippen LogP contribution >= 0.6 is 0 Å². The van der Waals surface area contributed by atoms with Crippen LogP contribution < -0.4 is 10.1 Å². The van der Waals surface area contributed by atoms with Gasteiger partial charge in [-0.2, -0.15) is 0 Å². The molecule has 2 amide bonds. The van der Waals surface area contributed by atoms with E-state index >= 15 is 0 Å². The highest BCUT2D eigenvalue weighted by Gasteiger charge is 2.36. The van der Waals surface area contributed by atoms with E-state index in [1.54, 1.807) is 7.11 Å². The second-order valence-corrected chi connectivity index (χ2v) is 6.76. The van der Waals surface area contributed by atoms with E-state index in [9.17, 15) is 9.59 Å². The molecule has 1 aliphatic carbocycles. The highest BCUT2D eigenvalue weighted by Crippen LogP contribution is 2.30. The lowest BCUT2D eigenvalue weighted by Gasteiger charge is -2.34. The molecule has 3 rings (SSSR count). The Morgan fingerprint density at radius 1 is 1.00 bits per heavy atom. The highest BCUT2D eigenvalue weighted by molar-refractivity contribution is 5.96. The second-order valence-electron chi connectivity index (χ2n) is 6.76. The number of carbonyl (C=O) groups excluding carboxylic acids is 2. The number of methoxy groups -OCH3 is 1. The van der Waals surface area contributed by atoms with Gasteiger partial charge in [0.15, 0.2) is 0 Å². The lowest BCUT2D eigenvalue weighted by atomic mass is 9.81. The van der Waals surface area contributed by atoms with Gasteiger partial charge in [-0.1, -0.05) is 12.2 Å². The molecule has 1 aliphatic heterocycles. The van der Waals surface area contributed by atoms with Crippen molar-refractivity contribution in [3.05, 3.63) is 36.4 Å². The Kier molecular flexibility index (Phi) is 5.74. The average molecular weight is 342 g/mol. The number of carbonyl (C=O) groups is 2. The molecule has 0 aromatic heterocycles. The van der Waals surface area contributed by atoms with Gasteiger partial charge in [-0.15, -0.1) is 0 Å². The fourth-order valence-corrected chi connectivity index (χ4v) is 3.63. The topological polar surface area (TPSA) is 58.6 Å². The molecule has 2 unspecified atom stereocenters. The Bertz CT molecular complexity index is 633. The number of anilines is 1. The van der Waals surface area contributed by atoms with Gasteiger partial charge in [0.2, 0.25) is 11.8 Å². The molecule has 1 aromatic rings. The molecule has 25 heavy (non-hydrogen) atoms. The number of allylic oxidation sites excluding steroid dienone is 2. The first-order chi connectivity index (χ1) is 12.2. The molecule has 0 bridgehead atoms. The quantitative estimate of drug-likeness (QED) is 0.855. The molecular formula is C20H26N2O3. The van der Waals surface area contributed by atoms with E-state index in [1.165, 1.54) is 6.42 Å². The molecule has 134 valence electrons. The molecule has 1 heterocycles. The minimum Gasteiger partial charge on any atom is -0.497 e. The van der Waals surface area contributed by atoms with Gasteiger partial charge in [-0.05, 0) is 56.4 Å². The van der Waals surface area contributed by atoms with Gasteiger partial charge in [0, 0.05) is 18.8 Å². The Balaban J connectivity index is 1.67. The van der Waals surface area contributed by atoms with E-state index < -0.39 is 0 Å². The summed E-state index contributed by atoms with van der Waals surface area (Å²) in [6, 6.07) is 7.26. The van der Waals surface area contributed by atoms with Crippen LogP contribution in [0, 0.1) is 11.8 Å². The number of nitrogens with zero attached hydrogens (tertiary/aromatic N) is 1. The van der Waals surface area contributed by atoms with E-state index in [1.807, 2.05) is 41.3 Å². The number of ether oxygens (including phenoxy) is 1. The number of hydrogen-bond donors (Lipinski definition) is 1. The van der Waals surface area contributed by atoms with Gasteiger partial charge < -0.3 is 15.0 Å². The zero-order chi connectivity index (χ0) is 17.6. The zero-order valence-corrected chi connectivity index (χ0v) is 14.7. The third-order valence-corrected chi connectivity index (χ3v) is 5.11. The van der Waals surface area contributed by atoms with Crippen LogP contribution in [-0.2, 0) is 9.59 Å². The van der Waals surface area contributed by atoms with Crippen molar-refractivity contribution in [2.24, 2.45) is 11.8 Å². The van der Waals surface area contributed by atoms with E-state index in [0.717, 1.165) is 37.4 Å². The number of hydrogen-bond acceptors (Lipinski definition) is 3. The Hall–Kier alpha value is -2.30. The SMILES string of the molecule is COc1ccc(NC(=O)C2CC=CCC2C(=O)N2CCCCC2)cc1. The van der Waals surface area contributed by atoms with E-state index in [-0.39, 0.29) is 23.7 Å². The summed E-state index contributed by atoms with van der Waals surface area (Å²) in [6.45, 7) is 1.65. The van der Waals surface area contributed by atoms with Crippen molar-refractivity contribution in [1.82, 2.24) is 4.90 Å². The van der Waals surface area contributed by atoms with Crippen LogP contribution in [0.1, 0.15) is 32.1 Å². The first-order valence-electron chi connectivity index (χ1n) is 9.08. The second kappa shape index (κ2) is 8.19. The summed E-state index contributed by atoms with van der Waals surface area (Å²) in [5, 5.41) is 2.95. The average Bonchev–Trinajstić information content (AvgIpc) is 2.68. The largest absolute Gasteiger partial charge is 0.497 e. The number of benzene rings is 1. The molecule has 5 heteroatoms. The summed E-state index contributed by atoms with van der Waals surface area (Å²) < 4.78 is 5.13. The zero-order valence-electron chi connectivity index (χ0n) is 14.7. The maximum Gasteiger partial charge on any atom is 0.228 e. The first-order valence-corrected chi connectivity index (χ1v) is 9.08. The molecular weight excluding hydrogens is 316 g/mol. The van der Waals surface area contributed by atoms with Crippen molar-refractivity contribution in [2.45, 2.75) is 32.1 Å². The predicted molar refractivity (Wildman–Crippen MR) is 97.4 cm³/mol. The van der Waals surface area contributed by atoms with Crippen LogP contribution in [-0.4, -0.2) is 36.9 Å². The summed E-state index contributed by atoms with van der Waals surface area (Å²) in [5.74, 6) is 0.253. The van der Waals surface area contributed by atoms with Crippen LogP contribution in [0.3, 0.4) is 0 Å². The smallest absolute Gasteiger partial charge is 0.228 e. The van der Waals surface area contributed by atoms with Gasteiger partial charge in [0.25, 0.3) is 0 Å². The Morgan fingerprint density at radius 2 is 1.64 bits per heavy atom. The van der Waals surface area contributed by atoms with E-state index in [0.29, 0.717) is 12.8 Å². The normalized spacial score (nSPS) is 23.2. The molecule has 1 aromatic carbocycles. The standard InChI is InChI=1S/C20H26N2O3/c1-25-16-11-9-15(10-12-16)21-19(23)17-7-3-4-8-18(17)20(24)22-13-5-2-6-14-22/h3-4,9-12,17-18H,2,5-8,13-14H2,1H3,(H,21,23). The van der Waals surface area contributed by atoms with Gasteiger partial charge in [0.1, 0.15) is 5.75 Å². The number of amides is 2.